The van der Waals surface area contributed by atoms with Gasteiger partial charge in [0.2, 0.25) is 0 Å². The lowest BCUT2D eigenvalue weighted by atomic mass is 10.0. The Labute approximate surface area is 197 Å². The van der Waals surface area contributed by atoms with Crippen LogP contribution in [0.2, 0.25) is 5.02 Å². The molecule has 0 saturated heterocycles. The molecule has 0 bridgehead atoms. The highest BCUT2D eigenvalue weighted by Gasteiger charge is 2.41. The number of halogens is 1. The molecular weight excluding hydrogens is 440 g/mol. The third-order valence-corrected chi connectivity index (χ3v) is 5.34. The van der Waals surface area contributed by atoms with Crippen LogP contribution in [0.3, 0.4) is 0 Å². The zero-order valence-electron chi connectivity index (χ0n) is 18.3. The van der Waals surface area contributed by atoms with E-state index >= 15 is 0 Å². The number of amides is 2. The van der Waals surface area contributed by atoms with Crippen LogP contribution in [0.5, 0.6) is 11.5 Å². The predicted molar refractivity (Wildman–Crippen MR) is 130 cm³/mol. The van der Waals surface area contributed by atoms with Crippen LogP contribution in [0.4, 0.5) is 11.4 Å². The van der Waals surface area contributed by atoms with Gasteiger partial charge in [-0.05, 0) is 42.3 Å². The molecule has 33 heavy (non-hydrogen) atoms. The number of nitrogens with zero attached hydrogens (tertiary/aromatic N) is 1. The van der Waals surface area contributed by atoms with E-state index in [-0.39, 0.29) is 17.0 Å². The average Bonchev–Trinajstić information content (AvgIpc) is 3.07. The number of nitrogens with one attached hydrogen (secondary N) is 1. The van der Waals surface area contributed by atoms with E-state index in [0.717, 1.165) is 11.3 Å². The molecule has 1 aliphatic rings. The summed E-state index contributed by atoms with van der Waals surface area (Å²) in [5.74, 6) is 0.0746. The van der Waals surface area contributed by atoms with E-state index in [1.165, 1.54) is 7.11 Å². The van der Waals surface area contributed by atoms with Gasteiger partial charge >= 0.3 is 0 Å². The summed E-state index contributed by atoms with van der Waals surface area (Å²) in [6.07, 6.45) is 0.879. The number of rotatable bonds is 8. The summed E-state index contributed by atoms with van der Waals surface area (Å²) in [7, 11) is 1.48. The average molecular weight is 463 g/mol. The standard InChI is InChI=1S/C26H23ClN2O4/c1-3-14-33-20-11-7-10-19(16-20)28-24-23(17-8-5-4-6-9-17)25(30)29(26(24)31)21-15-18(27)12-13-22(21)32-2/h4-13,15-16,28H,3,14H2,1-2H3. The minimum atomic E-state index is -0.501. The first-order valence-electron chi connectivity index (χ1n) is 10.6. The highest BCUT2D eigenvalue weighted by Crippen LogP contribution is 2.39. The van der Waals surface area contributed by atoms with Crippen molar-refractivity contribution in [3.05, 3.63) is 89.1 Å². The van der Waals surface area contributed by atoms with Crippen LogP contribution in [0.25, 0.3) is 5.57 Å². The molecule has 0 aliphatic carbocycles. The first-order valence-corrected chi connectivity index (χ1v) is 10.9. The number of anilines is 2. The predicted octanol–water partition coefficient (Wildman–Crippen LogP) is 5.53. The lowest BCUT2D eigenvalue weighted by Crippen LogP contribution is -2.32. The molecule has 1 heterocycles. The fraction of sp³-hybridized carbons (Fsp3) is 0.154. The van der Waals surface area contributed by atoms with Crippen LogP contribution in [0, 0.1) is 0 Å². The zero-order valence-corrected chi connectivity index (χ0v) is 19.1. The van der Waals surface area contributed by atoms with Crippen molar-refractivity contribution in [2.75, 3.05) is 23.9 Å². The molecule has 0 aromatic heterocycles. The molecule has 0 spiro atoms. The number of benzene rings is 3. The molecule has 168 valence electrons. The normalized spacial score (nSPS) is 13.5. The zero-order chi connectivity index (χ0) is 23.4. The Morgan fingerprint density at radius 3 is 2.45 bits per heavy atom. The third kappa shape index (κ3) is 4.56. The van der Waals surface area contributed by atoms with Crippen LogP contribution in [-0.2, 0) is 9.59 Å². The molecule has 0 fully saturated rings. The van der Waals surface area contributed by atoms with Gasteiger partial charge in [0.05, 0.1) is 25.0 Å². The van der Waals surface area contributed by atoms with Crippen molar-refractivity contribution < 1.29 is 19.1 Å². The molecule has 0 atom stereocenters. The molecule has 1 aliphatic heterocycles. The second kappa shape index (κ2) is 9.79. The van der Waals surface area contributed by atoms with Crippen LogP contribution in [0.15, 0.2) is 78.5 Å². The first kappa shape index (κ1) is 22.4. The molecule has 0 unspecified atom stereocenters. The number of methoxy groups -OCH3 is 1. The summed E-state index contributed by atoms with van der Waals surface area (Å²) < 4.78 is 11.1. The van der Waals surface area contributed by atoms with Crippen LogP contribution >= 0.6 is 11.6 Å². The smallest absolute Gasteiger partial charge is 0.282 e. The van der Waals surface area contributed by atoms with Crippen molar-refractivity contribution in [1.29, 1.82) is 0 Å². The quantitative estimate of drug-likeness (QED) is 0.445. The van der Waals surface area contributed by atoms with Gasteiger partial charge in [-0.3, -0.25) is 9.59 Å². The molecule has 1 N–H and O–H groups in total. The van der Waals surface area contributed by atoms with Crippen LogP contribution in [-0.4, -0.2) is 25.5 Å². The monoisotopic (exact) mass is 462 g/mol. The van der Waals surface area contributed by atoms with E-state index in [4.69, 9.17) is 21.1 Å². The van der Waals surface area contributed by atoms with Crippen molar-refractivity contribution >= 4 is 40.4 Å². The van der Waals surface area contributed by atoms with Gasteiger partial charge in [-0.2, -0.15) is 0 Å². The largest absolute Gasteiger partial charge is 0.495 e. The maximum absolute atomic E-state index is 13.6. The maximum Gasteiger partial charge on any atom is 0.282 e. The molecule has 7 heteroatoms. The minimum Gasteiger partial charge on any atom is -0.495 e. The Morgan fingerprint density at radius 1 is 0.939 bits per heavy atom. The van der Waals surface area contributed by atoms with Gasteiger partial charge in [0.25, 0.3) is 11.8 Å². The Kier molecular flexibility index (Phi) is 6.66. The molecular formula is C26H23ClN2O4. The molecule has 2 amide bonds. The summed E-state index contributed by atoms with van der Waals surface area (Å²) in [5, 5.41) is 3.54. The topological polar surface area (TPSA) is 67.9 Å². The third-order valence-electron chi connectivity index (χ3n) is 5.10. The van der Waals surface area contributed by atoms with Crippen LogP contribution in [0.1, 0.15) is 18.9 Å². The molecule has 0 saturated carbocycles. The molecule has 3 aromatic rings. The Hall–Kier alpha value is -3.77. The number of hydrogen-bond acceptors (Lipinski definition) is 5. The van der Waals surface area contributed by atoms with Gasteiger partial charge in [0, 0.05) is 16.8 Å². The number of carbonyl (C=O) groups excluding carboxylic acids is 2. The van der Waals surface area contributed by atoms with E-state index in [1.807, 2.05) is 43.3 Å². The van der Waals surface area contributed by atoms with Crippen LogP contribution < -0.4 is 19.7 Å². The van der Waals surface area contributed by atoms with E-state index in [1.54, 1.807) is 36.4 Å². The SMILES string of the molecule is CCCOc1cccc(NC2=C(c3ccccc3)C(=O)N(c3cc(Cl)ccc3OC)C2=O)c1. The second-order valence-corrected chi connectivity index (χ2v) is 7.82. The van der Waals surface area contributed by atoms with Gasteiger partial charge in [-0.15, -0.1) is 0 Å². The second-order valence-electron chi connectivity index (χ2n) is 7.38. The van der Waals surface area contributed by atoms with Gasteiger partial charge < -0.3 is 14.8 Å². The van der Waals surface area contributed by atoms with E-state index in [0.29, 0.717) is 34.4 Å². The summed E-state index contributed by atoms with van der Waals surface area (Å²) >= 11 is 6.18. The van der Waals surface area contributed by atoms with E-state index in [9.17, 15) is 9.59 Å². The number of imide groups is 1. The molecule has 4 rings (SSSR count). The summed E-state index contributed by atoms with van der Waals surface area (Å²) in [5.41, 5.74) is 1.97. The van der Waals surface area contributed by atoms with Crippen molar-refractivity contribution in [2.24, 2.45) is 0 Å². The summed E-state index contributed by atoms with van der Waals surface area (Å²) in [4.78, 5) is 28.3. The van der Waals surface area contributed by atoms with Gasteiger partial charge in [0.15, 0.2) is 0 Å². The Balaban J connectivity index is 1.79. The van der Waals surface area contributed by atoms with Crippen molar-refractivity contribution in [2.45, 2.75) is 13.3 Å². The number of carbonyl (C=O) groups is 2. The molecule has 0 radical (unpaired) electrons. The summed E-state index contributed by atoms with van der Waals surface area (Å²) in [6, 6.07) is 21.2. The fourth-order valence-electron chi connectivity index (χ4n) is 3.60. The van der Waals surface area contributed by atoms with Gasteiger partial charge in [-0.25, -0.2) is 4.90 Å². The van der Waals surface area contributed by atoms with Crippen molar-refractivity contribution in [3.8, 4) is 11.5 Å². The maximum atomic E-state index is 13.6. The van der Waals surface area contributed by atoms with Crippen molar-refractivity contribution in [1.82, 2.24) is 0 Å². The van der Waals surface area contributed by atoms with E-state index < -0.39 is 11.8 Å². The first-order chi connectivity index (χ1) is 16.0. The minimum absolute atomic E-state index is 0.167. The van der Waals surface area contributed by atoms with Crippen molar-refractivity contribution in [3.63, 3.8) is 0 Å². The Bertz CT molecular complexity index is 1220. The lowest BCUT2D eigenvalue weighted by molar-refractivity contribution is -0.120. The Morgan fingerprint density at radius 2 is 1.73 bits per heavy atom. The highest BCUT2D eigenvalue weighted by atomic mass is 35.5. The molecule has 6 nitrogen and oxygen atoms in total. The lowest BCUT2D eigenvalue weighted by Gasteiger charge is -2.18. The number of ether oxygens (including phenoxy) is 2. The number of hydrogen-bond donors (Lipinski definition) is 1. The van der Waals surface area contributed by atoms with E-state index in [2.05, 4.69) is 5.32 Å². The van der Waals surface area contributed by atoms with Gasteiger partial charge in [0.1, 0.15) is 17.2 Å². The molecule has 3 aromatic carbocycles. The highest BCUT2D eigenvalue weighted by molar-refractivity contribution is 6.46. The summed E-state index contributed by atoms with van der Waals surface area (Å²) in [6.45, 7) is 2.61. The fourth-order valence-corrected chi connectivity index (χ4v) is 3.77. The van der Waals surface area contributed by atoms with Gasteiger partial charge in [-0.1, -0.05) is 54.9 Å².